The van der Waals surface area contributed by atoms with E-state index in [1.165, 1.54) is 12.4 Å². The highest BCUT2D eigenvalue weighted by atomic mass is 19.3. The number of benzene rings is 1. The lowest BCUT2D eigenvalue weighted by Gasteiger charge is -2.22. The van der Waals surface area contributed by atoms with Crippen LogP contribution in [0.5, 0.6) is 5.75 Å². The molecular weight excluding hydrogens is 354 g/mol. The molecule has 9 heteroatoms. The summed E-state index contributed by atoms with van der Waals surface area (Å²) in [6.45, 7) is -0.749. The Morgan fingerprint density at radius 3 is 2.96 bits per heavy atom. The van der Waals surface area contributed by atoms with Gasteiger partial charge in [-0.1, -0.05) is 12.1 Å². The van der Waals surface area contributed by atoms with Crippen molar-refractivity contribution in [1.29, 1.82) is 0 Å². The predicted octanol–water partition coefficient (Wildman–Crippen LogP) is 2.23. The highest BCUT2D eigenvalue weighted by Gasteiger charge is 2.25. The van der Waals surface area contributed by atoms with Crippen LogP contribution in [0.3, 0.4) is 0 Å². The SMILES string of the molecule is CN=C(NCc1nccn1C(F)F)NC1CCN(c2ccccc2OC)C1. The fraction of sp³-hybridized carbons (Fsp3) is 0.444. The molecule has 1 atom stereocenters. The van der Waals surface area contributed by atoms with Crippen molar-refractivity contribution in [2.75, 3.05) is 32.1 Å². The number of methoxy groups -OCH3 is 1. The van der Waals surface area contributed by atoms with Crippen molar-refractivity contribution >= 4 is 11.6 Å². The molecule has 1 aromatic carbocycles. The Balaban J connectivity index is 1.56. The molecule has 1 aliphatic heterocycles. The van der Waals surface area contributed by atoms with Crippen molar-refractivity contribution in [2.45, 2.75) is 25.6 Å². The van der Waals surface area contributed by atoms with Gasteiger partial charge in [0.2, 0.25) is 0 Å². The molecule has 2 N–H and O–H groups in total. The van der Waals surface area contributed by atoms with Crippen LogP contribution in [0.15, 0.2) is 41.7 Å². The number of aliphatic imine (C=N–C) groups is 1. The molecule has 27 heavy (non-hydrogen) atoms. The summed E-state index contributed by atoms with van der Waals surface area (Å²) in [4.78, 5) is 10.4. The number of hydrogen-bond acceptors (Lipinski definition) is 4. The number of para-hydroxylation sites is 2. The second kappa shape index (κ2) is 8.70. The minimum Gasteiger partial charge on any atom is -0.495 e. The molecule has 0 bridgehead atoms. The van der Waals surface area contributed by atoms with E-state index in [4.69, 9.17) is 4.74 Å². The fourth-order valence-electron chi connectivity index (χ4n) is 3.20. The maximum atomic E-state index is 12.9. The first-order valence-electron chi connectivity index (χ1n) is 8.77. The van der Waals surface area contributed by atoms with E-state index in [1.54, 1.807) is 14.2 Å². The number of nitrogens with one attached hydrogen (secondary N) is 2. The number of hydrogen-bond donors (Lipinski definition) is 2. The number of anilines is 1. The van der Waals surface area contributed by atoms with Crippen LogP contribution in [0.2, 0.25) is 0 Å². The van der Waals surface area contributed by atoms with Gasteiger partial charge < -0.3 is 20.3 Å². The Morgan fingerprint density at radius 1 is 1.41 bits per heavy atom. The predicted molar refractivity (Wildman–Crippen MR) is 100 cm³/mol. The second-order valence-electron chi connectivity index (χ2n) is 6.20. The topological polar surface area (TPSA) is 66.7 Å². The molecule has 1 aliphatic rings. The molecule has 1 saturated heterocycles. The molecule has 0 aliphatic carbocycles. The molecule has 0 spiro atoms. The van der Waals surface area contributed by atoms with E-state index in [9.17, 15) is 8.78 Å². The van der Waals surface area contributed by atoms with Crippen molar-refractivity contribution in [3.8, 4) is 5.75 Å². The molecule has 0 amide bonds. The van der Waals surface area contributed by atoms with E-state index in [2.05, 4.69) is 25.5 Å². The summed E-state index contributed by atoms with van der Waals surface area (Å²) in [6.07, 6.45) is 3.56. The van der Waals surface area contributed by atoms with E-state index >= 15 is 0 Å². The van der Waals surface area contributed by atoms with Gasteiger partial charge in [-0.3, -0.25) is 9.56 Å². The highest BCUT2D eigenvalue weighted by molar-refractivity contribution is 5.80. The summed E-state index contributed by atoms with van der Waals surface area (Å²) in [7, 11) is 3.32. The van der Waals surface area contributed by atoms with Gasteiger partial charge in [0.25, 0.3) is 0 Å². The Bertz CT molecular complexity index is 779. The van der Waals surface area contributed by atoms with Gasteiger partial charge in [0.05, 0.1) is 19.3 Å². The average Bonchev–Trinajstić information content (AvgIpc) is 3.34. The Hall–Kier alpha value is -2.84. The Kier molecular flexibility index (Phi) is 6.10. The maximum Gasteiger partial charge on any atom is 0.319 e. The molecule has 1 fully saturated rings. The Morgan fingerprint density at radius 2 is 2.22 bits per heavy atom. The number of aromatic nitrogens is 2. The lowest BCUT2D eigenvalue weighted by atomic mass is 10.2. The van der Waals surface area contributed by atoms with E-state index in [0.29, 0.717) is 5.96 Å². The van der Waals surface area contributed by atoms with Gasteiger partial charge in [-0.2, -0.15) is 8.78 Å². The standard InChI is InChI=1S/C18H24F2N6O/c1-21-18(23-11-16-22-8-10-26(16)17(19)20)24-13-7-9-25(12-13)14-5-3-4-6-15(14)27-2/h3-6,8,10,13,17H,7,9,11-12H2,1-2H3,(H2,21,23,24). The maximum absolute atomic E-state index is 12.9. The quantitative estimate of drug-likeness (QED) is 0.596. The summed E-state index contributed by atoms with van der Waals surface area (Å²) >= 11 is 0. The molecule has 3 rings (SSSR count). The molecule has 2 aromatic rings. The van der Waals surface area contributed by atoms with Gasteiger partial charge in [0.1, 0.15) is 11.6 Å². The first-order valence-corrected chi connectivity index (χ1v) is 8.77. The van der Waals surface area contributed by atoms with Crippen LogP contribution in [0, 0.1) is 0 Å². The van der Waals surface area contributed by atoms with Gasteiger partial charge in [-0.25, -0.2) is 4.98 Å². The highest BCUT2D eigenvalue weighted by Crippen LogP contribution is 2.30. The molecule has 0 saturated carbocycles. The molecule has 7 nitrogen and oxygen atoms in total. The van der Waals surface area contributed by atoms with Crippen LogP contribution >= 0.6 is 0 Å². The molecular formula is C18H24F2N6O. The van der Waals surface area contributed by atoms with Gasteiger partial charge in [-0.05, 0) is 18.6 Å². The molecule has 2 heterocycles. The van der Waals surface area contributed by atoms with Gasteiger partial charge in [0, 0.05) is 38.6 Å². The average molecular weight is 378 g/mol. The van der Waals surface area contributed by atoms with E-state index < -0.39 is 6.55 Å². The monoisotopic (exact) mass is 378 g/mol. The molecule has 1 aromatic heterocycles. The van der Waals surface area contributed by atoms with E-state index in [-0.39, 0.29) is 18.4 Å². The summed E-state index contributed by atoms with van der Waals surface area (Å²) in [6, 6.07) is 8.11. The van der Waals surface area contributed by atoms with Gasteiger partial charge >= 0.3 is 6.55 Å². The zero-order chi connectivity index (χ0) is 19.2. The zero-order valence-corrected chi connectivity index (χ0v) is 15.4. The second-order valence-corrected chi connectivity index (χ2v) is 6.20. The van der Waals surface area contributed by atoms with Crippen LogP contribution < -0.4 is 20.3 Å². The van der Waals surface area contributed by atoms with Crippen LogP contribution in [0.25, 0.3) is 0 Å². The van der Waals surface area contributed by atoms with Gasteiger partial charge in [0.15, 0.2) is 5.96 Å². The van der Waals surface area contributed by atoms with Gasteiger partial charge in [-0.15, -0.1) is 0 Å². The van der Waals surface area contributed by atoms with E-state index in [0.717, 1.165) is 35.5 Å². The number of guanidine groups is 1. The molecule has 1 unspecified atom stereocenters. The van der Waals surface area contributed by atoms with Crippen molar-refractivity contribution in [3.63, 3.8) is 0 Å². The van der Waals surface area contributed by atoms with Crippen LogP contribution in [0.1, 0.15) is 18.8 Å². The first-order chi connectivity index (χ1) is 13.1. The summed E-state index contributed by atoms with van der Waals surface area (Å²) in [5.74, 6) is 1.67. The third-order valence-electron chi connectivity index (χ3n) is 4.55. The van der Waals surface area contributed by atoms with Crippen molar-refractivity contribution in [1.82, 2.24) is 20.2 Å². The van der Waals surface area contributed by atoms with Crippen LogP contribution in [0.4, 0.5) is 14.5 Å². The van der Waals surface area contributed by atoms with Crippen LogP contribution in [-0.4, -0.2) is 48.8 Å². The molecule has 0 radical (unpaired) electrons. The minimum atomic E-state index is -2.61. The summed E-state index contributed by atoms with van der Waals surface area (Å²) in [5.41, 5.74) is 1.06. The normalized spacial score (nSPS) is 17.4. The summed E-state index contributed by atoms with van der Waals surface area (Å²) in [5, 5.41) is 6.40. The number of imidazole rings is 1. The lowest BCUT2D eigenvalue weighted by molar-refractivity contribution is 0.0668. The largest absolute Gasteiger partial charge is 0.495 e. The third-order valence-corrected chi connectivity index (χ3v) is 4.55. The lowest BCUT2D eigenvalue weighted by Crippen LogP contribution is -2.44. The minimum absolute atomic E-state index is 0.167. The van der Waals surface area contributed by atoms with Crippen molar-refractivity contribution in [2.24, 2.45) is 4.99 Å². The van der Waals surface area contributed by atoms with Crippen molar-refractivity contribution in [3.05, 3.63) is 42.5 Å². The van der Waals surface area contributed by atoms with Crippen LogP contribution in [-0.2, 0) is 6.54 Å². The van der Waals surface area contributed by atoms with E-state index in [1.807, 2.05) is 24.3 Å². The number of ether oxygens (including phenoxy) is 1. The smallest absolute Gasteiger partial charge is 0.319 e. The molecule has 146 valence electrons. The number of halogens is 2. The number of nitrogens with zero attached hydrogens (tertiary/aromatic N) is 4. The summed E-state index contributed by atoms with van der Waals surface area (Å²) < 4.78 is 32.1. The number of alkyl halides is 2. The van der Waals surface area contributed by atoms with Crippen molar-refractivity contribution < 1.29 is 13.5 Å². The number of rotatable bonds is 6. The third kappa shape index (κ3) is 4.47. The Labute approximate surface area is 157 Å². The zero-order valence-electron chi connectivity index (χ0n) is 15.4. The first kappa shape index (κ1) is 18.9. The fourth-order valence-corrected chi connectivity index (χ4v) is 3.20.